The monoisotopic (exact) mass is 364 g/mol. The van der Waals surface area contributed by atoms with Crippen LogP contribution in [0.2, 0.25) is 0 Å². The highest BCUT2D eigenvalue weighted by Gasteiger charge is 2.39. The van der Waals surface area contributed by atoms with Gasteiger partial charge in [0.25, 0.3) is 5.91 Å². The van der Waals surface area contributed by atoms with Crippen molar-refractivity contribution in [3.63, 3.8) is 0 Å². The third kappa shape index (κ3) is 2.92. The molecular formula is C22H24N2OS. The molecule has 2 aromatic carbocycles. The summed E-state index contributed by atoms with van der Waals surface area (Å²) in [5.74, 6) is 0.853. The molecule has 134 valence electrons. The van der Waals surface area contributed by atoms with Gasteiger partial charge in [-0.05, 0) is 54.8 Å². The van der Waals surface area contributed by atoms with Gasteiger partial charge in [0.05, 0.1) is 17.3 Å². The van der Waals surface area contributed by atoms with Gasteiger partial charge in [-0.15, -0.1) is 11.8 Å². The summed E-state index contributed by atoms with van der Waals surface area (Å²) in [6.07, 6.45) is 7.76. The molecule has 0 spiro atoms. The summed E-state index contributed by atoms with van der Waals surface area (Å²) in [6, 6.07) is 15.1. The fraction of sp³-hybridized carbons (Fsp3) is 0.318. The minimum atomic E-state index is -0.00578. The van der Waals surface area contributed by atoms with Crippen molar-refractivity contribution in [3.05, 3.63) is 71.3 Å². The molecule has 1 aliphatic carbocycles. The Labute approximate surface area is 159 Å². The third-order valence-corrected chi connectivity index (χ3v) is 6.20. The van der Waals surface area contributed by atoms with E-state index >= 15 is 0 Å². The minimum Gasteiger partial charge on any atom is -0.377 e. The Morgan fingerprint density at radius 3 is 2.77 bits per heavy atom. The van der Waals surface area contributed by atoms with Crippen molar-refractivity contribution in [2.45, 2.75) is 30.2 Å². The van der Waals surface area contributed by atoms with E-state index in [9.17, 15) is 4.79 Å². The molecule has 1 aliphatic heterocycles. The largest absolute Gasteiger partial charge is 0.377 e. The van der Waals surface area contributed by atoms with E-state index in [0.717, 1.165) is 17.7 Å². The number of carbonyl (C=O) groups excluding carboxylic acids is 1. The Kier molecular flexibility index (Phi) is 4.77. The maximum Gasteiger partial charge on any atom is 0.253 e. The summed E-state index contributed by atoms with van der Waals surface area (Å²) in [5, 5.41) is 6.66. The van der Waals surface area contributed by atoms with Gasteiger partial charge >= 0.3 is 0 Å². The van der Waals surface area contributed by atoms with E-state index in [2.05, 4.69) is 59.4 Å². The van der Waals surface area contributed by atoms with Crippen LogP contribution in [-0.2, 0) is 0 Å². The number of anilines is 1. The first-order valence-electron chi connectivity index (χ1n) is 9.21. The maximum atomic E-state index is 12.6. The second-order valence-corrected chi connectivity index (χ2v) is 7.76. The first kappa shape index (κ1) is 17.2. The van der Waals surface area contributed by atoms with Gasteiger partial charge in [0, 0.05) is 17.4 Å². The van der Waals surface area contributed by atoms with Gasteiger partial charge in [-0.3, -0.25) is 4.79 Å². The van der Waals surface area contributed by atoms with Gasteiger partial charge < -0.3 is 10.6 Å². The molecule has 0 aromatic heterocycles. The number of thioether (sulfide) groups is 1. The Morgan fingerprint density at radius 1 is 1.23 bits per heavy atom. The Bertz CT molecular complexity index is 844. The van der Waals surface area contributed by atoms with Crippen molar-refractivity contribution in [1.29, 1.82) is 0 Å². The Hall–Kier alpha value is -2.20. The number of hydrogen-bond acceptors (Lipinski definition) is 3. The van der Waals surface area contributed by atoms with Gasteiger partial charge in [-0.1, -0.05) is 36.4 Å². The van der Waals surface area contributed by atoms with Gasteiger partial charge in [-0.25, -0.2) is 0 Å². The molecule has 1 heterocycles. The van der Waals surface area contributed by atoms with E-state index in [-0.39, 0.29) is 11.9 Å². The molecule has 2 aliphatic rings. The van der Waals surface area contributed by atoms with Crippen LogP contribution in [0.15, 0.2) is 59.5 Å². The van der Waals surface area contributed by atoms with Crippen molar-refractivity contribution in [3.8, 4) is 0 Å². The molecule has 3 unspecified atom stereocenters. The lowest BCUT2D eigenvalue weighted by molar-refractivity contribution is 0.0956. The number of carbonyl (C=O) groups is 1. The number of benzene rings is 2. The molecule has 4 heteroatoms. The predicted molar refractivity (Wildman–Crippen MR) is 109 cm³/mol. The van der Waals surface area contributed by atoms with Crippen LogP contribution in [-0.4, -0.2) is 18.7 Å². The Balaban J connectivity index is 1.76. The SMILES string of the molecule is CCNC(=O)c1cccc2c1NC(c1ccc(SC)cc1)C1CC=CC21. The van der Waals surface area contributed by atoms with Gasteiger partial charge in [0.2, 0.25) is 0 Å². The van der Waals surface area contributed by atoms with Crippen molar-refractivity contribution < 1.29 is 4.79 Å². The van der Waals surface area contributed by atoms with E-state index in [1.807, 2.05) is 19.1 Å². The number of hydrogen-bond donors (Lipinski definition) is 2. The van der Waals surface area contributed by atoms with Crippen LogP contribution in [0.5, 0.6) is 0 Å². The molecule has 2 N–H and O–H groups in total. The van der Waals surface area contributed by atoms with Crippen LogP contribution in [0.4, 0.5) is 5.69 Å². The normalized spacial score (nSPS) is 23.1. The number of allylic oxidation sites excluding steroid dienone is 2. The highest BCUT2D eigenvalue weighted by Crippen LogP contribution is 2.50. The van der Waals surface area contributed by atoms with E-state index < -0.39 is 0 Å². The van der Waals surface area contributed by atoms with Crippen LogP contribution >= 0.6 is 11.8 Å². The number of para-hydroxylation sites is 1. The zero-order chi connectivity index (χ0) is 18.1. The number of amides is 1. The molecule has 2 aromatic rings. The molecule has 4 rings (SSSR count). The lowest BCUT2D eigenvalue weighted by Crippen LogP contribution is -2.32. The second-order valence-electron chi connectivity index (χ2n) is 6.88. The predicted octanol–water partition coefficient (Wildman–Crippen LogP) is 4.98. The minimum absolute atomic E-state index is 0.00578. The zero-order valence-corrected chi connectivity index (χ0v) is 16.0. The molecule has 3 atom stereocenters. The lowest BCUT2D eigenvalue weighted by atomic mass is 9.76. The molecule has 1 amide bonds. The number of rotatable bonds is 4. The summed E-state index contributed by atoms with van der Waals surface area (Å²) in [4.78, 5) is 13.8. The molecule has 26 heavy (non-hydrogen) atoms. The molecule has 0 radical (unpaired) electrons. The van der Waals surface area contributed by atoms with Crippen LogP contribution in [0.1, 0.15) is 46.8 Å². The van der Waals surface area contributed by atoms with E-state index in [4.69, 9.17) is 0 Å². The first-order chi connectivity index (χ1) is 12.7. The smallest absolute Gasteiger partial charge is 0.253 e. The Morgan fingerprint density at radius 2 is 2.04 bits per heavy atom. The van der Waals surface area contributed by atoms with E-state index in [1.54, 1.807) is 11.8 Å². The molecular weight excluding hydrogens is 340 g/mol. The van der Waals surface area contributed by atoms with E-state index in [0.29, 0.717) is 18.4 Å². The zero-order valence-electron chi connectivity index (χ0n) is 15.2. The molecule has 0 fully saturated rings. The topological polar surface area (TPSA) is 41.1 Å². The summed E-state index contributed by atoms with van der Waals surface area (Å²) < 4.78 is 0. The fourth-order valence-corrected chi connectivity index (χ4v) is 4.62. The van der Waals surface area contributed by atoms with E-state index in [1.165, 1.54) is 16.0 Å². The molecule has 0 bridgehead atoms. The van der Waals surface area contributed by atoms with Crippen molar-refractivity contribution in [1.82, 2.24) is 5.32 Å². The maximum absolute atomic E-state index is 12.6. The van der Waals surface area contributed by atoms with Crippen molar-refractivity contribution >= 4 is 23.4 Å². The summed E-state index contributed by atoms with van der Waals surface area (Å²) in [6.45, 7) is 2.58. The summed E-state index contributed by atoms with van der Waals surface area (Å²) in [5.41, 5.74) is 4.27. The van der Waals surface area contributed by atoms with Crippen LogP contribution in [0, 0.1) is 5.92 Å². The molecule has 0 saturated carbocycles. The lowest BCUT2D eigenvalue weighted by Gasteiger charge is -2.38. The highest BCUT2D eigenvalue weighted by molar-refractivity contribution is 7.98. The fourth-order valence-electron chi connectivity index (χ4n) is 4.21. The summed E-state index contributed by atoms with van der Waals surface area (Å²) >= 11 is 1.76. The first-order valence-corrected chi connectivity index (χ1v) is 10.4. The highest BCUT2D eigenvalue weighted by atomic mass is 32.2. The molecule has 0 saturated heterocycles. The standard InChI is InChI=1S/C22H24N2OS/c1-3-23-22(25)19-9-5-8-18-16-6-4-7-17(16)20(24-21(18)19)14-10-12-15(26-2)13-11-14/h4-6,8-13,16-17,20,24H,3,7H2,1-2H3,(H,23,25). The third-order valence-electron chi connectivity index (χ3n) is 5.45. The number of fused-ring (bicyclic) bond motifs is 3. The van der Waals surface area contributed by atoms with Crippen LogP contribution in [0.25, 0.3) is 0 Å². The second kappa shape index (κ2) is 7.20. The quantitative estimate of drug-likeness (QED) is 0.593. The molecule has 3 nitrogen and oxygen atoms in total. The average molecular weight is 365 g/mol. The van der Waals surface area contributed by atoms with Gasteiger partial charge in [0.15, 0.2) is 0 Å². The van der Waals surface area contributed by atoms with Crippen LogP contribution in [0.3, 0.4) is 0 Å². The van der Waals surface area contributed by atoms with Gasteiger partial charge in [-0.2, -0.15) is 0 Å². The van der Waals surface area contributed by atoms with Crippen molar-refractivity contribution in [2.24, 2.45) is 5.92 Å². The van der Waals surface area contributed by atoms with Crippen molar-refractivity contribution in [2.75, 3.05) is 18.1 Å². The van der Waals surface area contributed by atoms with Gasteiger partial charge in [0.1, 0.15) is 0 Å². The average Bonchev–Trinajstić information content (AvgIpc) is 3.17. The number of nitrogens with one attached hydrogen (secondary N) is 2. The van der Waals surface area contributed by atoms with Crippen LogP contribution < -0.4 is 10.6 Å². The summed E-state index contributed by atoms with van der Waals surface area (Å²) in [7, 11) is 0.